The first-order chi connectivity index (χ1) is 11.4. The van der Waals surface area contributed by atoms with Gasteiger partial charge in [0.25, 0.3) is 0 Å². The van der Waals surface area contributed by atoms with Crippen LogP contribution in [-0.2, 0) is 17.8 Å². The first-order valence-electron chi connectivity index (χ1n) is 8.33. The third kappa shape index (κ3) is 7.31. The second-order valence-corrected chi connectivity index (χ2v) is 5.57. The Hall–Kier alpha value is -1.84. The lowest BCUT2D eigenvalue weighted by atomic mass is 10.1. The highest BCUT2D eigenvalue weighted by Gasteiger charge is 1.97. The van der Waals surface area contributed by atoms with Gasteiger partial charge in [-0.25, -0.2) is 0 Å². The van der Waals surface area contributed by atoms with E-state index in [1.165, 1.54) is 5.56 Å². The van der Waals surface area contributed by atoms with E-state index in [1.54, 1.807) is 0 Å². The van der Waals surface area contributed by atoms with Gasteiger partial charge in [-0.2, -0.15) is 0 Å². The fourth-order valence-electron chi connectivity index (χ4n) is 2.36. The highest BCUT2D eigenvalue weighted by molar-refractivity contribution is 5.28. The highest BCUT2D eigenvalue weighted by Crippen LogP contribution is 2.14. The highest BCUT2D eigenvalue weighted by atomic mass is 16.5. The summed E-state index contributed by atoms with van der Waals surface area (Å²) in [5.41, 5.74) is 2.33. The normalized spacial score (nSPS) is 10.7. The Labute approximate surface area is 138 Å². The maximum absolute atomic E-state index is 8.95. The van der Waals surface area contributed by atoms with E-state index in [1.807, 2.05) is 42.5 Å². The van der Waals surface area contributed by atoms with Gasteiger partial charge in [0.2, 0.25) is 0 Å². The van der Waals surface area contributed by atoms with Crippen molar-refractivity contribution in [2.75, 3.05) is 19.8 Å². The van der Waals surface area contributed by atoms with Gasteiger partial charge in [-0.05, 0) is 48.9 Å². The first-order valence-corrected chi connectivity index (χ1v) is 8.33. The minimum atomic E-state index is 0.173. The van der Waals surface area contributed by atoms with Crippen LogP contribution >= 0.6 is 0 Å². The molecule has 2 rings (SSSR count). The van der Waals surface area contributed by atoms with Gasteiger partial charge in [-0.3, -0.25) is 0 Å². The fraction of sp³-hybridized carbons (Fsp3) is 0.400. The summed E-state index contributed by atoms with van der Waals surface area (Å²) in [6, 6.07) is 18.2. The predicted octanol–water partition coefficient (Wildman–Crippen LogP) is 3.99. The molecule has 0 amide bonds. The predicted molar refractivity (Wildman–Crippen MR) is 92.7 cm³/mol. The number of ether oxygens (including phenoxy) is 2. The zero-order valence-electron chi connectivity index (χ0n) is 13.6. The zero-order chi connectivity index (χ0) is 16.2. The molecular formula is C20H26O3. The largest absolute Gasteiger partial charge is 0.494 e. The molecule has 0 spiro atoms. The third-order valence-corrected chi connectivity index (χ3v) is 3.61. The lowest BCUT2D eigenvalue weighted by Crippen LogP contribution is -2.00. The molecule has 0 aromatic heterocycles. The molecule has 0 aliphatic heterocycles. The van der Waals surface area contributed by atoms with E-state index in [2.05, 4.69) is 12.1 Å². The molecular weight excluding hydrogens is 288 g/mol. The van der Waals surface area contributed by atoms with Crippen LogP contribution in [0.1, 0.15) is 30.4 Å². The van der Waals surface area contributed by atoms with Crippen LogP contribution in [-0.4, -0.2) is 24.9 Å². The number of unbranched alkanes of at least 4 members (excludes halogenated alkanes) is 2. The van der Waals surface area contributed by atoms with Crippen molar-refractivity contribution < 1.29 is 14.6 Å². The molecule has 0 heterocycles. The first kappa shape index (κ1) is 17.5. The fourth-order valence-corrected chi connectivity index (χ4v) is 2.36. The van der Waals surface area contributed by atoms with Crippen molar-refractivity contribution in [3.63, 3.8) is 0 Å². The molecule has 0 atom stereocenters. The van der Waals surface area contributed by atoms with Crippen LogP contribution in [0.5, 0.6) is 5.75 Å². The van der Waals surface area contributed by atoms with E-state index in [0.717, 1.165) is 43.8 Å². The van der Waals surface area contributed by atoms with Crippen LogP contribution in [0.3, 0.4) is 0 Å². The average Bonchev–Trinajstić information content (AvgIpc) is 2.59. The standard InChI is InChI=1S/C20H26O3/c21-13-12-18-10-7-11-20(16-18)23-15-6-2-5-14-22-17-19-8-3-1-4-9-19/h1,3-4,7-11,16,21H,2,5-6,12-15,17H2. The van der Waals surface area contributed by atoms with Crippen molar-refractivity contribution >= 4 is 0 Å². The Bertz CT molecular complexity index is 540. The molecule has 0 radical (unpaired) electrons. The molecule has 1 N–H and O–H groups in total. The zero-order valence-corrected chi connectivity index (χ0v) is 13.6. The summed E-state index contributed by atoms with van der Waals surface area (Å²) in [4.78, 5) is 0. The van der Waals surface area contributed by atoms with Gasteiger partial charge in [0.1, 0.15) is 5.75 Å². The second kappa shape index (κ2) is 10.8. The Morgan fingerprint density at radius 1 is 0.783 bits per heavy atom. The van der Waals surface area contributed by atoms with E-state index in [-0.39, 0.29) is 6.61 Å². The molecule has 0 aliphatic carbocycles. The van der Waals surface area contributed by atoms with E-state index in [0.29, 0.717) is 13.0 Å². The average molecular weight is 314 g/mol. The van der Waals surface area contributed by atoms with Crippen molar-refractivity contribution in [2.24, 2.45) is 0 Å². The van der Waals surface area contributed by atoms with Gasteiger partial charge in [0.05, 0.1) is 13.2 Å². The molecule has 2 aromatic carbocycles. The molecule has 23 heavy (non-hydrogen) atoms. The van der Waals surface area contributed by atoms with Crippen molar-refractivity contribution in [3.8, 4) is 5.75 Å². The number of hydrogen-bond acceptors (Lipinski definition) is 3. The van der Waals surface area contributed by atoms with Gasteiger partial charge in [0, 0.05) is 13.2 Å². The molecule has 0 saturated heterocycles. The minimum Gasteiger partial charge on any atom is -0.494 e. The van der Waals surface area contributed by atoms with E-state index >= 15 is 0 Å². The van der Waals surface area contributed by atoms with Crippen LogP contribution < -0.4 is 4.74 Å². The summed E-state index contributed by atoms with van der Waals surface area (Å²) < 4.78 is 11.4. The van der Waals surface area contributed by atoms with Gasteiger partial charge < -0.3 is 14.6 Å². The molecule has 124 valence electrons. The smallest absolute Gasteiger partial charge is 0.119 e. The molecule has 3 nitrogen and oxygen atoms in total. The number of hydrogen-bond donors (Lipinski definition) is 1. The number of aliphatic hydroxyl groups excluding tert-OH is 1. The summed E-state index contributed by atoms with van der Waals surface area (Å²) >= 11 is 0. The lowest BCUT2D eigenvalue weighted by molar-refractivity contribution is 0.116. The van der Waals surface area contributed by atoms with E-state index in [4.69, 9.17) is 14.6 Å². The molecule has 3 heteroatoms. The van der Waals surface area contributed by atoms with Crippen LogP contribution in [0.2, 0.25) is 0 Å². The Morgan fingerprint density at radius 3 is 2.39 bits per heavy atom. The maximum Gasteiger partial charge on any atom is 0.119 e. The topological polar surface area (TPSA) is 38.7 Å². The third-order valence-electron chi connectivity index (χ3n) is 3.61. The second-order valence-electron chi connectivity index (χ2n) is 5.57. The SMILES string of the molecule is OCCc1cccc(OCCCCCOCc2ccccc2)c1. The molecule has 0 fully saturated rings. The number of rotatable bonds is 11. The lowest BCUT2D eigenvalue weighted by Gasteiger charge is -2.08. The van der Waals surface area contributed by atoms with Crippen LogP contribution in [0.25, 0.3) is 0 Å². The molecule has 0 unspecified atom stereocenters. The quantitative estimate of drug-likeness (QED) is 0.637. The van der Waals surface area contributed by atoms with E-state index in [9.17, 15) is 0 Å². The Morgan fingerprint density at radius 2 is 1.57 bits per heavy atom. The summed E-state index contributed by atoms with van der Waals surface area (Å²) in [5, 5.41) is 8.95. The summed E-state index contributed by atoms with van der Waals surface area (Å²) in [7, 11) is 0. The van der Waals surface area contributed by atoms with Gasteiger partial charge in [-0.1, -0.05) is 42.5 Å². The van der Waals surface area contributed by atoms with Gasteiger partial charge in [0.15, 0.2) is 0 Å². The van der Waals surface area contributed by atoms with Crippen molar-refractivity contribution in [2.45, 2.75) is 32.3 Å². The van der Waals surface area contributed by atoms with E-state index < -0.39 is 0 Å². The number of benzene rings is 2. The number of aliphatic hydroxyl groups is 1. The minimum absolute atomic E-state index is 0.173. The summed E-state index contributed by atoms with van der Waals surface area (Å²) in [5.74, 6) is 0.885. The van der Waals surface area contributed by atoms with Crippen LogP contribution in [0, 0.1) is 0 Å². The molecule has 0 aliphatic rings. The van der Waals surface area contributed by atoms with Crippen LogP contribution in [0.4, 0.5) is 0 Å². The molecule has 2 aromatic rings. The summed E-state index contributed by atoms with van der Waals surface area (Å²) in [6.07, 6.45) is 3.86. The Balaban J connectivity index is 1.50. The van der Waals surface area contributed by atoms with Gasteiger partial charge >= 0.3 is 0 Å². The summed E-state index contributed by atoms with van der Waals surface area (Å²) in [6.45, 7) is 2.38. The maximum atomic E-state index is 8.95. The van der Waals surface area contributed by atoms with Gasteiger partial charge in [-0.15, -0.1) is 0 Å². The van der Waals surface area contributed by atoms with Crippen LogP contribution in [0.15, 0.2) is 54.6 Å². The van der Waals surface area contributed by atoms with Crippen molar-refractivity contribution in [1.29, 1.82) is 0 Å². The van der Waals surface area contributed by atoms with Crippen molar-refractivity contribution in [1.82, 2.24) is 0 Å². The molecule has 0 saturated carbocycles. The molecule has 0 bridgehead atoms. The van der Waals surface area contributed by atoms with Crippen molar-refractivity contribution in [3.05, 3.63) is 65.7 Å². The monoisotopic (exact) mass is 314 g/mol. The Kier molecular flexibility index (Phi) is 8.23.